The van der Waals surface area contributed by atoms with Gasteiger partial charge in [-0.3, -0.25) is 0 Å². The molecule has 6 rings (SSSR count). The molecule has 4 saturated carbocycles. The summed E-state index contributed by atoms with van der Waals surface area (Å²) in [7, 11) is -4.14. The molecule has 246 valence electrons. The van der Waals surface area contributed by atoms with E-state index in [9.17, 15) is 28.5 Å². The lowest BCUT2D eigenvalue weighted by atomic mass is 9.43. The van der Waals surface area contributed by atoms with Crippen molar-refractivity contribution in [2.24, 2.45) is 46.3 Å². The highest BCUT2D eigenvalue weighted by Gasteiger charge is 2.63. The fourth-order valence-corrected chi connectivity index (χ4v) is 11.5. The van der Waals surface area contributed by atoms with Gasteiger partial charge in [-0.1, -0.05) is 20.8 Å². The average Bonchev–Trinajstić information content (AvgIpc) is 3.33. The zero-order valence-electron chi connectivity index (χ0n) is 26.6. The van der Waals surface area contributed by atoms with E-state index in [1.807, 2.05) is 6.92 Å². The van der Waals surface area contributed by atoms with Crippen LogP contribution in [0.2, 0.25) is 0 Å². The Morgan fingerprint density at radius 3 is 2.52 bits per heavy atom. The zero-order chi connectivity index (χ0) is 31.7. The molecule has 1 heterocycles. The van der Waals surface area contributed by atoms with E-state index in [4.69, 9.17) is 9.47 Å². The summed E-state index contributed by atoms with van der Waals surface area (Å²) >= 11 is 0. The number of rotatable bonds is 6. The molecule has 11 atom stereocenters. The van der Waals surface area contributed by atoms with Crippen LogP contribution in [0, 0.1) is 46.3 Å². The molecule has 0 bridgehead atoms. The van der Waals surface area contributed by atoms with E-state index in [2.05, 4.69) is 25.5 Å². The number of benzene rings is 1. The number of hydrogen-bond acceptors (Lipinski definition) is 8. The molecule has 10 heteroatoms. The topological polar surface area (TPSA) is 142 Å². The van der Waals surface area contributed by atoms with Crippen molar-refractivity contribution in [2.75, 3.05) is 13.2 Å². The Balaban J connectivity index is 1.07. The van der Waals surface area contributed by atoms with Gasteiger partial charge in [0.1, 0.15) is 11.4 Å². The second kappa shape index (κ2) is 11.4. The molecule has 1 aromatic carbocycles. The number of aryl methyl sites for hydroxylation is 1. The Hall–Kier alpha value is -1.88. The molecule has 1 aromatic rings. The fraction of sp³-hybridized carbons (Fsp3) is 0.794. The SMILES string of the molecule is C[C@H](COC(=O)NS(=O)(=O)c1ccc2c(c1)CCC(C)(CO)O2)[C@H]1CC[C@H]2[C@@H]3[C@H](O)C[C@@H]4C[C@H](O)CC[C@]4(C)[C@H]3CC[C@]12C. The predicted molar refractivity (Wildman–Crippen MR) is 164 cm³/mol. The van der Waals surface area contributed by atoms with Gasteiger partial charge in [0.2, 0.25) is 0 Å². The van der Waals surface area contributed by atoms with E-state index in [-0.39, 0.29) is 53.0 Å². The number of nitrogens with one attached hydrogen (secondary N) is 1. The van der Waals surface area contributed by atoms with Crippen molar-refractivity contribution in [3.05, 3.63) is 23.8 Å². The van der Waals surface area contributed by atoms with Crippen molar-refractivity contribution < 1.29 is 38.0 Å². The molecule has 1 aliphatic heterocycles. The van der Waals surface area contributed by atoms with Crippen LogP contribution in [0.1, 0.15) is 91.0 Å². The number of fused-ring (bicyclic) bond motifs is 6. The van der Waals surface area contributed by atoms with E-state index in [1.165, 1.54) is 12.1 Å². The number of sulfonamides is 1. The molecule has 5 aliphatic rings. The number of aliphatic hydroxyl groups is 3. The second-order valence-corrected chi connectivity index (χ2v) is 17.3. The third-order valence-corrected chi connectivity index (χ3v) is 14.4. The maximum absolute atomic E-state index is 13.0. The van der Waals surface area contributed by atoms with Crippen LogP contribution in [0.4, 0.5) is 4.79 Å². The molecule has 4 fully saturated rings. The molecule has 0 saturated heterocycles. The van der Waals surface area contributed by atoms with Crippen molar-refractivity contribution in [3.63, 3.8) is 0 Å². The van der Waals surface area contributed by atoms with Crippen LogP contribution in [0.15, 0.2) is 23.1 Å². The highest BCUT2D eigenvalue weighted by molar-refractivity contribution is 7.90. The van der Waals surface area contributed by atoms with Gasteiger partial charge in [0, 0.05) is 0 Å². The number of carbonyl (C=O) groups is 1. The molecule has 1 unspecified atom stereocenters. The Morgan fingerprint density at radius 1 is 1.05 bits per heavy atom. The smallest absolute Gasteiger partial charge is 0.421 e. The van der Waals surface area contributed by atoms with Crippen LogP contribution in [0.25, 0.3) is 0 Å². The summed E-state index contributed by atoms with van der Waals surface area (Å²) in [5.74, 6) is 2.41. The fourth-order valence-electron chi connectivity index (χ4n) is 10.5. The monoisotopic (exact) mass is 633 g/mol. The molecule has 4 N–H and O–H groups in total. The van der Waals surface area contributed by atoms with Crippen molar-refractivity contribution in [1.29, 1.82) is 0 Å². The molecule has 4 aliphatic carbocycles. The largest absolute Gasteiger partial charge is 0.485 e. The third-order valence-electron chi connectivity index (χ3n) is 13.1. The first-order valence-electron chi connectivity index (χ1n) is 16.7. The minimum atomic E-state index is -4.14. The van der Waals surface area contributed by atoms with Gasteiger partial charge in [-0.05, 0) is 141 Å². The van der Waals surface area contributed by atoms with E-state index in [0.29, 0.717) is 47.8 Å². The summed E-state index contributed by atoms with van der Waals surface area (Å²) in [5, 5.41) is 31.4. The van der Waals surface area contributed by atoms with Crippen molar-refractivity contribution in [3.8, 4) is 5.75 Å². The first-order chi connectivity index (χ1) is 20.7. The first kappa shape index (κ1) is 32.1. The highest BCUT2D eigenvalue weighted by Crippen LogP contribution is 2.68. The quantitative estimate of drug-likeness (QED) is 0.350. The minimum Gasteiger partial charge on any atom is -0.485 e. The van der Waals surface area contributed by atoms with Crippen LogP contribution in [-0.2, 0) is 21.2 Å². The van der Waals surface area contributed by atoms with Crippen molar-refractivity contribution >= 4 is 16.1 Å². The predicted octanol–water partition coefficient (Wildman–Crippen LogP) is 4.80. The Bertz CT molecular complexity index is 1370. The van der Waals surface area contributed by atoms with Gasteiger partial charge < -0.3 is 24.8 Å². The summed E-state index contributed by atoms with van der Waals surface area (Å²) < 4.78 is 39.5. The first-order valence-corrected chi connectivity index (χ1v) is 18.2. The number of carbonyl (C=O) groups excluding carboxylic acids is 1. The second-order valence-electron chi connectivity index (χ2n) is 15.6. The van der Waals surface area contributed by atoms with Crippen LogP contribution in [0.3, 0.4) is 0 Å². The van der Waals surface area contributed by atoms with Gasteiger partial charge in [-0.2, -0.15) is 0 Å². The molecule has 0 spiro atoms. The number of amides is 1. The normalized spacial score (nSPS) is 42.1. The van der Waals surface area contributed by atoms with Crippen LogP contribution in [0.5, 0.6) is 5.75 Å². The van der Waals surface area contributed by atoms with Gasteiger partial charge in [0.15, 0.2) is 0 Å². The molecular formula is C34H51NO8S. The van der Waals surface area contributed by atoms with Gasteiger partial charge in [-0.15, -0.1) is 0 Å². The zero-order valence-corrected chi connectivity index (χ0v) is 27.4. The molecule has 0 aromatic heterocycles. The lowest BCUT2D eigenvalue weighted by molar-refractivity contribution is -0.174. The van der Waals surface area contributed by atoms with Gasteiger partial charge in [0.05, 0.1) is 30.3 Å². The van der Waals surface area contributed by atoms with E-state index in [0.717, 1.165) is 51.4 Å². The summed E-state index contributed by atoms with van der Waals surface area (Å²) in [6.07, 6.45) is 7.21. The molecule has 0 radical (unpaired) electrons. The molecule has 44 heavy (non-hydrogen) atoms. The average molecular weight is 634 g/mol. The van der Waals surface area contributed by atoms with Crippen LogP contribution < -0.4 is 9.46 Å². The molecular weight excluding hydrogens is 582 g/mol. The van der Waals surface area contributed by atoms with Crippen molar-refractivity contribution in [2.45, 2.75) is 115 Å². The summed E-state index contributed by atoms with van der Waals surface area (Å²) in [4.78, 5) is 12.7. The highest BCUT2D eigenvalue weighted by atomic mass is 32.2. The lowest BCUT2D eigenvalue weighted by Crippen LogP contribution is -2.58. The van der Waals surface area contributed by atoms with Gasteiger partial charge >= 0.3 is 6.09 Å². The number of aliphatic hydroxyl groups excluding tert-OH is 3. The standard InChI is InChI=1S/C34H51NO8S/c1-20(18-42-31(39)35-44(40,41)24-5-8-29-21(15-24)9-12-32(2,19-36)43-29)25-6-7-26-30-27(11-14-34(25,26)4)33(3)13-10-23(37)16-22(33)17-28(30)38/h5,8,15,20,22-23,25-28,30,36-38H,6-7,9-14,16-19H2,1-4H3,(H,35,39)/t20-,22+,23-,25-,26+,27+,28-,30+,32?,33+,34-/m1/s1. The summed E-state index contributed by atoms with van der Waals surface area (Å²) in [6.45, 7) is 8.67. The Labute approximate surface area is 262 Å². The number of hydrogen-bond donors (Lipinski definition) is 4. The molecule has 1 amide bonds. The van der Waals surface area contributed by atoms with Crippen LogP contribution >= 0.6 is 0 Å². The third kappa shape index (κ3) is 5.45. The maximum atomic E-state index is 13.0. The maximum Gasteiger partial charge on any atom is 0.421 e. The summed E-state index contributed by atoms with van der Waals surface area (Å²) in [5.41, 5.74) is 0.223. The summed E-state index contributed by atoms with van der Waals surface area (Å²) in [6, 6.07) is 4.48. The van der Waals surface area contributed by atoms with Crippen LogP contribution in [-0.4, -0.2) is 60.9 Å². The van der Waals surface area contributed by atoms with Gasteiger partial charge in [-0.25, -0.2) is 17.9 Å². The Morgan fingerprint density at radius 2 is 1.77 bits per heavy atom. The number of ether oxygens (including phenoxy) is 2. The lowest BCUT2D eigenvalue weighted by Gasteiger charge is -2.62. The Kier molecular flexibility index (Phi) is 8.33. The van der Waals surface area contributed by atoms with Crippen molar-refractivity contribution in [1.82, 2.24) is 4.72 Å². The molecule has 9 nitrogen and oxygen atoms in total. The van der Waals surface area contributed by atoms with Gasteiger partial charge in [0.25, 0.3) is 10.0 Å². The van der Waals surface area contributed by atoms with E-state index < -0.39 is 21.7 Å². The van der Waals surface area contributed by atoms with E-state index in [1.54, 1.807) is 6.07 Å². The van der Waals surface area contributed by atoms with E-state index >= 15 is 0 Å². The minimum absolute atomic E-state index is 0.0299.